The maximum Gasteiger partial charge on any atom is 0.0555 e. The topological polar surface area (TPSA) is 47.1 Å². The Hall–Kier alpha value is -0.870. The van der Waals surface area contributed by atoms with Gasteiger partial charge in [0.2, 0.25) is 0 Å². The number of rotatable bonds is 5. The van der Waals surface area contributed by atoms with E-state index in [2.05, 4.69) is 27.7 Å². The molecule has 4 nitrogen and oxygen atoms in total. The largest absolute Gasteiger partial charge is 0.329 e. The molecule has 16 heavy (non-hydrogen) atoms. The number of aromatic nitrogens is 2. The van der Waals surface area contributed by atoms with Crippen LogP contribution in [0.2, 0.25) is 0 Å². The predicted octanol–water partition coefficient (Wildman–Crippen LogP) is 1.39. The van der Waals surface area contributed by atoms with Gasteiger partial charge >= 0.3 is 0 Å². The van der Waals surface area contributed by atoms with Crippen LogP contribution in [0.4, 0.5) is 0 Å². The second-order valence-corrected chi connectivity index (χ2v) is 4.46. The van der Waals surface area contributed by atoms with Gasteiger partial charge in [0.1, 0.15) is 0 Å². The fourth-order valence-corrected chi connectivity index (χ4v) is 2.62. The van der Waals surface area contributed by atoms with E-state index in [0.717, 1.165) is 26.1 Å². The van der Waals surface area contributed by atoms with E-state index in [9.17, 15) is 0 Å². The van der Waals surface area contributed by atoms with Crippen LogP contribution in [0, 0.1) is 0 Å². The van der Waals surface area contributed by atoms with Gasteiger partial charge in [0.15, 0.2) is 0 Å². The molecule has 2 N–H and O–H groups in total. The molecule has 0 aliphatic carbocycles. The molecule has 90 valence electrons. The quantitative estimate of drug-likeness (QED) is 0.819. The third-order valence-corrected chi connectivity index (χ3v) is 3.31. The summed E-state index contributed by atoms with van der Waals surface area (Å²) in [5.74, 6) is 0. The summed E-state index contributed by atoms with van der Waals surface area (Å²) in [6, 6.07) is 2.70. The van der Waals surface area contributed by atoms with Crippen LogP contribution >= 0.6 is 0 Å². The summed E-state index contributed by atoms with van der Waals surface area (Å²) in [6.45, 7) is 6.15. The highest BCUT2D eigenvalue weighted by molar-refractivity contribution is 5.09. The van der Waals surface area contributed by atoms with Crippen molar-refractivity contribution in [1.29, 1.82) is 0 Å². The van der Waals surface area contributed by atoms with Crippen molar-refractivity contribution in [3.63, 3.8) is 0 Å². The second kappa shape index (κ2) is 5.46. The molecule has 0 unspecified atom stereocenters. The van der Waals surface area contributed by atoms with Crippen molar-refractivity contribution in [1.82, 2.24) is 14.7 Å². The molecule has 0 amide bonds. The lowest BCUT2D eigenvalue weighted by Crippen LogP contribution is -2.30. The smallest absolute Gasteiger partial charge is 0.0555 e. The lowest BCUT2D eigenvalue weighted by atomic mass is 10.1. The third kappa shape index (κ3) is 2.28. The Morgan fingerprint density at radius 2 is 2.38 bits per heavy atom. The number of hydrogen-bond acceptors (Lipinski definition) is 3. The lowest BCUT2D eigenvalue weighted by Gasteiger charge is -2.24. The van der Waals surface area contributed by atoms with Gasteiger partial charge in [0.25, 0.3) is 0 Å². The maximum absolute atomic E-state index is 5.66. The first-order chi connectivity index (χ1) is 7.86. The lowest BCUT2D eigenvalue weighted by molar-refractivity contribution is 0.252. The average molecular weight is 222 g/mol. The van der Waals surface area contributed by atoms with E-state index in [4.69, 9.17) is 5.73 Å². The van der Waals surface area contributed by atoms with Gasteiger partial charge in [0.05, 0.1) is 11.7 Å². The second-order valence-electron chi connectivity index (χ2n) is 4.46. The predicted molar refractivity (Wildman–Crippen MR) is 65.1 cm³/mol. The summed E-state index contributed by atoms with van der Waals surface area (Å²) >= 11 is 0. The van der Waals surface area contributed by atoms with Gasteiger partial charge < -0.3 is 5.73 Å². The van der Waals surface area contributed by atoms with E-state index in [1.165, 1.54) is 25.1 Å². The van der Waals surface area contributed by atoms with Crippen molar-refractivity contribution in [2.45, 2.75) is 38.8 Å². The summed E-state index contributed by atoms with van der Waals surface area (Å²) in [5, 5.41) is 4.40. The molecule has 1 aromatic heterocycles. The Balaban J connectivity index is 2.12. The van der Waals surface area contributed by atoms with Gasteiger partial charge in [-0.05, 0) is 31.9 Å². The zero-order valence-corrected chi connectivity index (χ0v) is 10.1. The van der Waals surface area contributed by atoms with Crippen LogP contribution in [-0.4, -0.2) is 34.3 Å². The zero-order valence-electron chi connectivity index (χ0n) is 10.1. The summed E-state index contributed by atoms with van der Waals surface area (Å²) in [5.41, 5.74) is 7.02. The molecule has 2 heterocycles. The molecule has 4 heteroatoms. The van der Waals surface area contributed by atoms with Gasteiger partial charge in [-0.1, -0.05) is 6.92 Å². The van der Waals surface area contributed by atoms with Crippen molar-refractivity contribution >= 4 is 0 Å². The third-order valence-electron chi connectivity index (χ3n) is 3.31. The molecule has 0 spiro atoms. The minimum absolute atomic E-state index is 0.539. The van der Waals surface area contributed by atoms with E-state index < -0.39 is 0 Å². The molecule has 1 saturated heterocycles. The van der Waals surface area contributed by atoms with Gasteiger partial charge in [0, 0.05) is 25.8 Å². The van der Waals surface area contributed by atoms with E-state index in [1.807, 2.05) is 6.20 Å². The average Bonchev–Trinajstić information content (AvgIpc) is 2.87. The van der Waals surface area contributed by atoms with E-state index in [1.54, 1.807) is 0 Å². The summed E-state index contributed by atoms with van der Waals surface area (Å²) in [6.07, 6.45) is 5.58. The van der Waals surface area contributed by atoms with Crippen LogP contribution in [-0.2, 0) is 6.54 Å². The molecule has 1 aromatic rings. The first-order valence-corrected chi connectivity index (χ1v) is 6.32. The standard InChI is InChI=1S/C12H22N4/c1-2-8-16-12(5-7-14-16)11-4-3-9-15(11)10-6-13/h5,7,11H,2-4,6,8-10,13H2,1H3/t11-/m1/s1. The zero-order chi connectivity index (χ0) is 11.4. The van der Waals surface area contributed by atoms with E-state index >= 15 is 0 Å². The van der Waals surface area contributed by atoms with Gasteiger partial charge in [-0.2, -0.15) is 5.10 Å². The monoisotopic (exact) mass is 222 g/mol. The summed E-state index contributed by atoms with van der Waals surface area (Å²) in [7, 11) is 0. The highest BCUT2D eigenvalue weighted by Crippen LogP contribution is 2.31. The maximum atomic E-state index is 5.66. The fourth-order valence-electron chi connectivity index (χ4n) is 2.62. The molecule has 0 saturated carbocycles. The van der Waals surface area contributed by atoms with Crippen LogP contribution in [0.15, 0.2) is 12.3 Å². The number of aryl methyl sites for hydroxylation is 1. The number of nitrogens with two attached hydrogens (primary N) is 1. The Bertz CT molecular complexity index is 321. The highest BCUT2D eigenvalue weighted by Gasteiger charge is 2.27. The molecular formula is C12H22N4. The molecule has 0 bridgehead atoms. The summed E-state index contributed by atoms with van der Waals surface area (Å²) in [4.78, 5) is 2.49. The SMILES string of the molecule is CCCn1nccc1[C@H]1CCCN1CCN. The van der Waals surface area contributed by atoms with Crippen molar-refractivity contribution in [3.8, 4) is 0 Å². The molecule has 1 aliphatic rings. The summed E-state index contributed by atoms with van der Waals surface area (Å²) < 4.78 is 2.15. The van der Waals surface area contributed by atoms with E-state index in [-0.39, 0.29) is 0 Å². The van der Waals surface area contributed by atoms with Gasteiger partial charge in [-0.3, -0.25) is 9.58 Å². The Labute approximate surface area is 97.4 Å². The van der Waals surface area contributed by atoms with Crippen molar-refractivity contribution < 1.29 is 0 Å². The van der Waals surface area contributed by atoms with E-state index in [0.29, 0.717) is 6.04 Å². The molecule has 1 fully saturated rings. The minimum atomic E-state index is 0.539. The van der Waals surface area contributed by atoms with Crippen LogP contribution in [0.25, 0.3) is 0 Å². The number of hydrogen-bond donors (Lipinski definition) is 1. The molecule has 0 aromatic carbocycles. The molecule has 1 aliphatic heterocycles. The van der Waals surface area contributed by atoms with Crippen molar-refractivity contribution in [2.24, 2.45) is 5.73 Å². The van der Waals surface area contributed by atoms with Gasteiger partial charge in [-0.15, -0.1) is 0 Å². The Kier molecular flexibility index (Phi) is 3.96. The minimum Gasteiger partial charge on any atom is -0.329 e. The van der Waals surface area contributed by atoms with Crippen molar-refractivity contribution in [2.75, 3.05) is 19.6 Å². The van der Waals surface area contributed by atoms with Crippen LogP contribution < -0.4 is 5.73 Å². The molecule has 2 rings (SSSR count). The van der Waals surface area contributed by atoms with Crippen LogP contribution in [0.3, 0.4) is 0 Å². The van der Waals surface area contributed by atoms with Crippen LogP contribution in [0.5, 0.6) is 0 Å². The molecule has 0 radical (unpaired) electrons. The normalized spacial score (nSPS) is 21.8. The van der Waals surface area contributed by atoms with Crippen molar-refractivity contribution in [3.05, 3.63) is 18.0 Å². The van der Waals surface area contributed by atoms with Gasteiger partial charge in [-0.25, -0.2) is 0 Å². The first kappa shape index (κ1) is 11.6. The number of likely N-dealkylation sites (tertiary alicyclic amines) is 1. The molecule has 1 atom stereocenters. The Morgan fingerprint density at radius 1 is 1.50 bits per heavy atom. The fraction of sp³-hybridized carbons (Fsp3) is 0.750. The number of nitrogens with zero attached hydrogens (tertiary/aromatic N) is 3. The Morgan fingerprint density at radius 3 is 3.12 bits per heavy atom. The molecular weight excluding hydrogens is 200 g/mol. The first-order valence-electron chi connectivity index (χ1n) is 6.32. The van der Waals surface area contributed by atoms with Crippen LogP contribution in [0.1, 0.15) is 37.9 Å². The highest BCUT2D eigenvalue weighted by atomic mass is 15.3.